The molecule has 3 aromatic carbocycles. The van der Waals surface area contributed by atoms with E-state index >= 15 is 0 Å². The third-order valence-corrected chi connectivity index (χ3v) is 5.99. The number of hydrogen-bond donors (Lipinski definition) is 1. The summed E-state index contributed by atoms with van der Waals surface area (Å²) >= 11 is 0.617. The first-order chi connectivity index (χ1) is 14.3. The number of benzene rings is 3. The summed E-state index contributed by atoms with van der Waals surface area (Å²) in [6.45, 7) is 0. The molecule has 1 unspecified atom stereocenters. The highest BCUT2D eigenvalue weighted by molar-refractivity contribution is 7.99. The molecular weight excluding hydrogens is 416 g/mol. The average Bonchev–Trinajstić information content (AvgIpc) is 3.16. The van der Waals surface area contributed by atoms with Gasteiger partial charge in [0.1, 0.15) is 5.82 Å². The molecule has 8 heteroatoms. The monoisotopic (exact) mass is 432 g/mol. The van der Waals surface area contributed by atoms with Crippen molar-refractivity contribution >= 4 is 22.7 Å². The van der Waals surface area contributed by atoms with Crippen molar-refractivity contribution in [3.63, 3.8) is 0 Å². The number of alkyl halides is 3. The van der Waals surface area contributed by atoms with Crippen LogP contribution in [-0.4, -0.2) is 26.8 Å². The molecule has 1 atom stereocenters. The molecule has 1 aromatic heterocycles. The molecule has 30 heavy (non-hydrogen) atoms. The van der Waals surface area contributed by atoms with Crippen molar-refractivity contribution in [2.75, 3.05) is 5.75 Å². The molecule has 1 N–H and O–H groups in total. The Bertz CT molecular complexity index is 1180. The van der Waals surface area contributed by atoms with E-state index in [0.717, 1.165) is 5.69 Å². The first-order valence-electron chi connectivity index (χ1n) is 9.00. The summed E-state index contributed by atoms with van der Waals surface area (Å²) in [6.07, 6.45) is -3.50. The third-order valence-electron chi connectivity index (χ3n) is 4.79. The van der Waals surface area contributed by atoms with Gasteiger partial charge in [-0.05, 0) is 42.0 Å². The van der Waals surface area contributed by atoms with E-state index in [2.05, 4.69) is 5.10 Å². The van der Waals surface area contributed by atoms with Crippen LogP contribution in [0.5, 0.6) is 0 Å². The predicted molar refractivity (Wildman–Crippen MR) is 108 cm³/mol. The van der Waals surface area contributed by atoms with Gasteiger partial charge in [-0.1, -0.05) is 36.4 Å². The van der Waals surface area contributed by atoms with Gasteiger partial charge in [-0.25, -0.2) is 9.07 Å². The van der Waals surface area contributed by atoms with Crippen LogP contribution < -0.4 is 0 Å². The van der Waals surface area contributed by atoms with Gasteiger partial charge >= 0.3 is 6.18 Å². The molecule has 0 aliphatic heterocycles. The van der Waals surface area contributed by atoms with Crippen LogP contribution in [0.2, 0.25) is 0 Å². The van der Waals surface area contributed by atoms with E-state index in [1.165, 1.54) is 48.7 Å². The van der Waals surface area contributed by atoms with Crippen LogP contribution in [0.3, 0.4) is 0 Å². The van der Waals surface area contributed by atoms with E-state index in [1.54, 1.807) is 4.68 Å². The molecule has 0 saturated carbocycles. The van der Waals surface area contributed by atoms with Crippen LogP contribution in [0.25, 0.3) is 16.6 Å². The topological polar surface area (TPSA) is 38.1 Å². The Morgan fingerprint density at radius 2 is 1.63 bits per heavy atom. The maximum Gasteiger partial charge on any atom is 0.422 e. The second-order valence-electron chi connectivity index (χ2n) is 6.74. The van der Waals surface area contributed by atoms with Crippen molar-refractivity contribution in [2.24, 2.45) is 0 Å². The minimum Gasteiger partial charge on any atom is -0.376 e. The van der Waals surface area contributed by atoms with E-state index in [9.17, 15) is 22.7 Å². The van der Waals surface area contributed by atoms with Gasteiger partial charge in [0, 0.05) is 16.0 Å². The number of nitrogens with zero attached hydrogens (tertiary/aromatic N) is 2. The van der Waals surface area contributed by atoms with Gasteiger partial charge in [0.05, 0.1) is 17.4 Å². The summed E-state index contributed by atoms with van der Waals surface area (Å²) in [4.78, 5) is 0.0400. The summed E-state index contributed by atoms with van der Waals surface area (Å²) in [7, 11) is 0. The number of fused-ring (bicyclic) bond motifs is 1. The van der Waals surface area contributed by atoms with Crippen LogP contribution in [0.15, 0.2) is 83.9 Å². The third kappa shape index (κ3) is 3.68. The molecular formula is C22H16F4N2OS. The zero-order valence-corrected chi connectivity index (χ0v) is 16.3. The van der Waals surface area contributed by atoms with Crippen molar-refractivity contribution in [3.05, 3.63) is 90.4 Å². The molecule has 1 heterocycles. The Morgan fingerprint density at radius 3 is 2.33 bits per heavy atom. The van der Waals surface area contributed by atoms with E-state index < -0.39 is 23.3 Å². The molecule has 0 fully saturated rings. The normalized spacial score (nSPS) is 14.0. The number of hydrogen-bond acceptors (Lipinski definition) is 3. The molecule has 0 saturated heterocycles. The largest absolute Gasteiger partial charge is 0.422 e. The fraction of sp³-hybridized carbons (Fsp3) is 0.136. The number of aliphatic hydroxyl groups is 1. The Balaban J connectivity index is 1.71. The van der Waals surface area contributed by atoms with Crippen molar-refractivity contribution < 1.29 is 22.7 Å². The highest BCUT2D eigenvalue weighted by Crippen LogP contribution is 2.43. The lowest BCUT2D eigenvalue weighted by Gasteiger charge is -2.30. The van der Waals surface area contributed by atoms with E-state index in [-0.39, 0.29) is 10.5 Å². The quantitative estimate of drug-likeness (QED) is 0.324. The predicted octanol–water partition coefficient (Wildman–Crippen LogP) is 5.71. The van der Waals surface area contributed by atoms with Crippen LogP contribution in [-0.2, 0) is 5.60 Å². The number of aromatic nitrogens is 2. The summed E-state index contributed by atoms with van der Waals surface area (Å²) in [6, 6.07) is 18.7. The molecule has 0 radical (unpaired) electrons. The lowest BCUT2D eigenvalue weighted by Crippen LogP contribution is -2.44. The first kappa shape index (κ1) is 20.4. The number of para-hydroxylation sites is 1. The van der Waals surface area contributed by atoms with Gasteiger partial charge in [-0.3, -0.25) is 0 Å². The van der Waals surface area contributed by atoms with Crippen molar-refractivity contribution in [1.29, 1.82) is 0 Å². The van der Waals surface area contributed by atoms with Crippen molar-refractivity contribution in [2.45, 2.75) is 16.7 Å². The Hall–Kier alpha value is -2.84. The minimum atomic E-state index is -4.95. The average molecular weight is 432 g/mol. The second kappa shape index (κ2) is 7.77. The Labute approximate surface area is 174 Å². The standard InChI is InChI=1S/C22H16F4N2OS/c23-18-8-4-5-9-20(18)30-14-21(29,22(24,25)26)16-10-11-19-15(12-16)13-27-28(19)17-6-2-1-3-7-17/h1-13,29H,14H2. The second-order valence-corrected chi connectivity index (χ2v) is 7.76. The summed E-state index contributed by atoms with van der Waals surface area (Å²) in [5.41, 5.74) is -2.10. The van der Waals surface area contributed by atoms with Crippen LogP contribution >= 0.6 is 11.8 Å². The fourth-order valence-corrected chi connectivity index (χ4v) is 4.21. The van der Waals surface area contributed by atoms with Crippen LogP contribution in [0.1, 0.15) is 5.56 Å². The Morgan fingerprint density at radius 1 is 0.933 bits per heavy atom. The van der Waals surface area contributed by atoms with Gasteiger partial charge in [-0.2, -0.15) is 18.3 Å². The smallest absolute Gasteiger partial charge is 0.376 e. The molecule has 0 amide bonds. The van der Waals surface area contributed by atoms with Gasteiger partial charge in [0.2, 0.25) is 0 Å². The number of thioether (sulfide) groups is 1. The van der Waals surface area contributed by atoms with Gasteiger partial charge in [0.25, 0.3) is 0 Å². The van der Waals surface area contributed by atoms with E-state index in [4.69, 9.17) is 0 Å². The summed E-state index contributed by atoms with van der Waals surface area (Å²) in [5.74, 6) is -1.41. The molecule has 0 aliphatic carbocycles. The SMILES string of the molecule is OC(CSc1ccccc1F)(c1ccc2c(cnn2-c2ccccc2)c1)C(F)(F)F. The van der Waals surface area contributed by atoms with Crippen LogP contribution in [0, 0.1) is 5.82 Å². The lowest BCUT2D eigenvalue weighted by atomic mass is 9.94. The molecule has 0 bridgehead atoms. The van der Waals surface area contributed by atoms with Gasteiger partial charge in [-0.15, -0.1) is 11.8 Å². The molecule has 4 aromatic rings. The Kier molecular flexibility index (Phi) is 5.29. The maximum absolute atomic E-state index is 13.9. The molecule has 154 valence electrons. The van der Waals surface area contributed by atoms with Crippen molar-refractivity contribution in [3.8, 4) is 5.69 Å². The van der Waals surface area contributed by atoms with E-state index in [0.29, 0.717) is 22.7 Å². The zero-order chi connectivity index (χ0) is 21.4. The molecule has 0 aliphatic rings. The highest BCUT2D eigenvalue weighted by Gasteiger charge is 2.55. The van der Waals surface area contributed by atoms with Gasteiger partial charge in [0.15, 0.2) is 5.60 Å². The first-order valence-corrected chi connectivity index (χ1v) is 9.98. The molecule has 4 rings (SSSR count). The fourth-order valence-electron chi connectivity index (χ4n) is 3.14. The zero-order valence-electron chi connectivity index (χ0n) is 15.5. The van der Waals surface area contributed by atoms with Crippen LogP contribution in [0.4, 0.5) is 17.6 Å². The minimum absolute atomic E-state index is 0.0400. The molecule has 3 nitrogen and oxygen atoms in total. The molecule has 0 spiro atoms. The highest BCUT2D eigenvalue weighted by atomic mass is 32.2. The van der Waals surface area contributed by atoms with Gasteiger partial charge < -0.3 is 5.11 Å². The maximum atomic E-state index is 13.9. The summed E-state index contributed by atoms with van der Waals surface area (Å²) in [5, 5.41) is 15.4. The summed E-state index contributed by atoms with van der Waals surface area (Å²) < 4.78 is 57.1. The van der Waals surface area contributed by atoms with E-state index in [1.807, 2.05) is 30.3 Å². The number of halogens is 4. The number of rotatable bonds is 5. The van der Waals surface area contributed by atoms with Crippen molar-refractivity contribution in [1.82, 2.24) is 9.78 Å². The lowest BCUT2D eigenvalue weighted by molar-refractivity contribution is -0.256.